The molecule has 3 rings (SSSR count). The molecule has 0 aliphatic rings. The van der Waals surface area contributed by atoms with Crippen LogP contribution in [-0.2, 0) is 11.3 Å². The molecule has 3 aromatic rings. The third-order valence-corrected chi connectivity index (χ3v) is 4.23. The zero-order valence-electron chi connectivity index (χ0n) is 15.5. The Morgan fingerprint density at radius 3 is 2.52 bits per heavy atom. The summed E-state index contributed by atoms with van der Waals surface area (Å²) in [5, 5.41) is 7.32. The van der Waals surface area contributed by atoms with Crippen molar-refractivity contribution in [2.45, 2.75) is 20.4 Å². The fourth-order valence-electron chi connectivity index (χ4n) is 2.87. The molecular formula is C21H23FN4O. The van der Waals surface area contributed by atoms with E-state index in [1.165, 1.54) is 17.7 Å². The predicted octanol–water partition coefficient (Wildman–Crippen LogP) is 3.78. The largest absolute Gasteiger partial charge is 0.309 e. The Morgan fingerprint density at radius 1 is 1.15 bits per heavy atom. The van der Waals surface area contributed by atoms with E-state index in [4.69, 9.17) is 0 Å². The van der Waals surface area contributed by atoms with Gasteiger partial charge in [-0.1, -0.05) is 37.3 Å². The average molecular weight is 366 g/mol. The second-order valence-corrected chi connectivity index (χ2v) is 6.40. The van der Waals surface area contributed by atoms with Crippen LogP contribution in [0.4, 0.5) is 10.2 Å². The average Bonchev–Trinajstić information content (AvgIpc) is 3.02. The van der Waals surface area contributed by atoms with Crippen molar-refractivity contribution >= 4 is 11.7 Å². The molecule has 1 aromatic heterocycles. The number of likely N-dealkylation sites (N-methyl/N-ethyl adjacent to an activating group) is 1. The highest BCUT2D eigenvalue weighted by molar-refractivity contribution is 5.91. The minimum absolute atomic E-state index is 0.115. The molecule has 27 heavy (non-hydrogen) atoms. The van der Waals surface area contributed by atoms with Crippen molar-refractivity contribution in [2.75, 3.05) is 18.4 Å². The van der Waals surface area contributed by atoms with Crippen molar-refractivity contribution < 1.29 is 9.18 Å². The first-order valence-electron chi connectivity index (χ1n) is 8.94. The van der Waals surface area contributed by atoms with Crippen molar-refractivity contribution in [1.29, 1.82) is 0 Å². The van der Waals surface area contributed by atoms with Crippen LogP contribution < -0.4 is 5.32 Å². The van der Waals surface area contributed by atoms with E-state index in [9.17, 15) is 9.18 Å². The molecule has 0 unspecified atom stereocenters. The fraction of sp³-hybridized carbons (Fsp3) is 0.238. The molecule has 5 nitrogen and oxygen atoms in total. The molecule has 0 bridgehead atoms. The van der Waals surface area contributed by atoms with Gasteiger partial charge in [-0.2, -0.15) is 5.10 Å². The second kappa shape index (κ2) is 8.60. The minimum atomic E-state index is -0.312. The van der Waals surface area contributed by atoms with Gasteiger partial charge in [0, 0.05) is 12.6 Å². The Bertz CT molecular complexity index is 890. The highest BCUT2D eigenvalue weighted by Crippen LogP contribution is 2.17. The Labute approximate surface area is 158 Å². The number of amides is 1. The standard InChI is InChI=1S/C21H23FN4O/c1-3-25(14-17-7-5-4-6-8-17)15-21(27)23-20-13-16(2)24-26(20)19-11-9-18(22)10-12-19/h4-13H,3,14-15H2,1-2H3,(H,23,27). The van der Waals surface area contributed by atoms with Crippen molar-refractivity contribution in [1.82, 2.24) is 14.7 Å². The highest BCUT2D eigenvalue weighted by Gasteiger charge is 2.14. The Morgan fingerprint density at radius 2 is 1.85 bits per heavy atom. The summed E-state index contributed by atoms with van der Waals surface area (Å²) in [6, 6.07) is 17.9. The smallest absolute Gasteiger partial charge is 0.239 e. The van der Waals surface area contributed by atoms with Crippen LogP contribution in [0, 0.1) is 12.7 Å². The first kappa shape index (κ1) is 18.8. The van der Waals surface area contributed by atoms with E-state index in [-0.39, 0.29) is 18.3 Å². The monoisotopic (exact) mass is 366 g/mol. The summed E-state index contributed by atoms with van der Waals surface area (Å²) in [6.07, 6.45) is 0. The van der Waals surface area contributed by atoms with Crippen molar-refractivity contribution in [3.05, 3.63) is 77.7 Å². The van der Waals surface area contributed by atoms with E-state index in [1.807, 2.05) is 44.2 Å². The normalized spacial score (nSPS) is 11.0. The number of carbonyl (C=O) groups is 1. The SMILES string of the molecule is CCN(CC(=O)Nc1cc(C)nn1-c1ccc(F)cc1)Cc1ccccc1. The maximum absolute atomic E-state index is 13.2. The van der Waals surface area contributed by atoms with Crippen molar-refractivity contribution in [3.8, 4) is 5.69 Å². The molecular weight excluding hydrogens is 343 g/mol. The van der Waals surface area contributed by atoms with Crippen LogP contribution in [0.15, 0.2) is 60.7 Å². The first-order valence-corrected chi connectivity index (χ1v) is 8.94. The van der Waals surface area contributed by atoms with Gasteiger partial charge in [0.15, 0.2) is 0 Å². The van der Waals surface area contributed by atoms with Crippen LogP contribution in [0.2, 0.25) is 0 Å². The molecule has 0 fully saturated rings. The number of benzene rings is 2. The van der Waals surface area contributed by atoms with Crippen molar-refractivity contribution in [2.24, 2.45) is 0 Å². The second-order valence-electron chi connectivity index (χ2n) is 6.40. The van der Waals surface area contributed by atoms with E-state index in [0.717, 1.165) is 12.2 Å². The van der Waals surface area contributed by atoms with E-state index in [2.05, 4.69) is 15.3 Å². The summed E-state index contributed by atoms with van der Waals surface area (Å²) in [5.74, 6) is 0.142. The van der Waals surface area contributed by atoms with Gasteiger partial charge in [-0.25, -0.2) is 9.07 Å². The minimum Gasteiger partial charge on any atom is -0.309 e. The number of halogens is 1. The van der Waals surface area contributed by atoms with Gasteiger partial charge in [-0.3, -0.25) is 9.69 Å². The number of aryl methyl sites for hydroxylation is 1. The lowest BCUT2D eigenvalue weighted by atomic mass is 10.2. The van der Waals surface area contributed by atoms with Gasteiger partial charge < -0.3 is 5.32 Å². The van der Waals surface area contributed by atoms with Crippen LogP contribution in [-0.4, -0.2) is 33.7 Å². The van der Waals surface area contributed by atoms with E-state index in [1.54, 1.807) is 22.9 Å². The molecule has 140 valence electrons. The summed E-state index contributed by atoms with van der Waals surface area (Å²) < 4.78 is 14.8. The van der Waals surface area contributed by atoms with Crippen LogP contribution in [0.25, 0.3) is 5.69 Å². The fourth-order valence-corrected chi connectivity index (χ4v) is 2.87. The topological polar surface area (TPSA) is 50.2 Å². The third-order valence-electron chi connectivity index (χ3n) is 4.23. The number of aromatic nitrogens is 2. The lowest BCUT2D eigenvalue weighted by Gasteiger charge is -2.20. The maximum Gasteiger partial charge on any atom is 0.239 e. The number of anilines is 1. The van der Waals surface area contributed by atoms with Crippen LogP contribution in [0.1, 0.15) is 18.2 Å². The number of nitrogens with one attached hydrogen (secondary N) is 1. The Kier molecular flexibility index (Phi) is 5.98. The van der Waals surface area contributed by atoms with Gasteiger partial charge in [0.25, 0.3) is 0 Å². The molecule has 0 atom stereocenters. The molecule has 0 spiro atoms. The number of hydrogen-bond donors (Lipinski definition) is 1. The van der Waals surface area contributed by atoms with Gasteiger partial charge in [0.05, 0.1) is 17.9 Å². The lowest BCUT2D eigenvalue weighted by Crippen LogP contribution is -2.33. The summed E-state index contributed by atoms with van der Waals surface area (Å²) in [7, 11) is 0. The summed E-state index contributed by atoms with van der Waals surface area (Å²) in [5.41, 5.74) is 2.63. The van der Waals surface area contributed by atoms with Crippen molar-refractivity contribution in [3.63, 3.8) is 0 Å². The number of nitrogens with zero attached hydrogens (tertiary/aromatic N) is 3. The Hall–Kier alpha value is -2.99. The summed E-state index contributed by atoms with van der Waals surface area (Å²) in [6.45, 7) is 5.63. The summed E-state index contributed by atoms with van der Waals surface area (Å²) >= 11 is 0. The molecule has 0 aliphatic carbocycles. The van der Waals surface area contributed by atoms with E-state index in [0.29, 0.717) is 18.1 Å². The quantitative estimate of drug-likeness (QED) is 0.692. The van der Waals surface area contributed by atoms with Gasteiger partial charge in [-0.05, 0) is 43.3 Å². The first-order chi connectivity index (χ1) is 13.0. The predicted molar refractivity (Wildman–Crippen MR) is 104 cm³/mol. The van der Waals surface area contributed by atoms with E-state index >= 15 is 0 Å². The summed E-state index contributed by atoms with van der Waals surface area (Å²) in [4.78, 5) is 14.6. The van der Waals surface area contributed by atoms with Gasteiger partial charge >= 0.3 is 0 Å². The van der Waals surface area contributed by atoms with Gasteiger partial charge in [0.1, 0.15) is 11.6 Å². The van der Waals surface area contributed by atoms with Crippen LogP contribution >= 0.6 is 0 Å². The van der Waals surface area contributed by atoms with E-state index < -0.39 is 0 Å². The molecule has 1 amide bonds. The third kappa shape index (κ3) is 5.01. The molecule has 0 radical (unpaired) electrons. The molecule has 0 aliphatic heterocycles. The van der Waals surface area contributed by atoms with Gasteiger partial charge in [0.2, 0.25) is 5.91 Å². The molecule has 1 heterocycles. The van der Waals surface area contributed by atoms with Crippen LogP contribution in [0.5, 0.6) is 0 Å². The maximum atomic E-state index is 13.2. The number of rotatable bonds is 7. The molecule has 0 saturated heterocycles. The number of carbonyl (C=O) groups excluding carboxylic acids is 1. The zero-order valence-corrected chi connectivity index (χ0v) is 15.5. The molecule has 2 aromatic carbocycles. The lowest BCUT2D eigenvalue weighted by molar-refractivity contribution is -0.117. The van der Waals surface area contributed by atoms with Gasteiger partial charge in [-0.15, -0.1) is 0 Å². The zero-order chi connectivity index (χ0) is 19.2. The molecule has 0 saturated carbocycles. The number of hydrogen-bond acceptors (Lipinski definition) is 3. The molecule has 1 N–H and O–H groups in total. The highest BCUT2D eigenvalue weighted by atomic mass is 19.1. The molecule has 6 heteroatoms. The van der Waals surface area contributed by atoms with Crippen LogP contribution in [0.3, 0.4) is 0 Å². The Balaban J connectivity index is 1.69.